The van der Waals surface area contributed by atoms with Crippen LogP contribution in [0.2, 0.25) is 5.02 Å². The van der Waals surface area contributed by atoms with E-state index in [0.29, 0.717) is 29.9 Å². The number of imide groups is 2. The van der Waals surface area contributed by atoms with E-state index in [1.807, 2.05) is 23.1 Å². The van der Waals surface area contributed by atoms with Crippen molar-refractivity contribution in [3.63, 3.8) is 0 Å². The molecule has 0 radical (unpaired) electrons. The second-order valence-electron chi connectivity index (χ2n) is 16.7. The molecule has 1 spiro atoms. The van der Waals surface area contributed by atoms with Crippen LogP contribution in [0, 0.1) is 5.41 Å². The van der Waals surface area contributed by atoms with E-state index >= 15 is 0 Å². The molecule has 8 rings (SSSR count). The van der Waals surface area contributed by atoms with Gasteiger partial charge in [-0.25, -0.2) is 4.68 Å². The summed E-state index contributed by atoms with van der Waals surface area (Å²) in [6.45, 7) is 6.76. The number of likely N-dealkylation sites (N-methyl/N-ethyl adjacent to an activating group) is 1. The van der Waals surface area contributed by atoms with E-state index in [0.717, 1.165) is 74.4 Å². The lowest BCUT2D eigenvalue weighted by Crippen LogP contribution is -2.54. The summed E-state index contributed by atoms with van der Waals surface area (Å²) in [6.07, 6.45) is 6.39. The number of nitrogens with zero attached hydrogens (tertiary/aromatic N) is 6. The van der Waals surface area contributed by atoms with Crippen LogP contribution in [0.3, 0.4) is 0 Å². The van der Waals surface area contributed by atoms with Crippen molar-refractivity contribution in [2.45, 2.75) is 69.4 Å². The number of fused-ring (bicyclic) bond motifs is 1. The van der Waals surface area contributed by atoms with Crippen molar-refractivity contribution < 1.29 is 24.0 Å². The van der Waals surface area contributed by atoms with Crippen LogP contribution in [0.25, 0.3) is 0 Å². The summed E-state index contributed by atoms with van der Waals surface area (Å²) in [4.78, 5) is 84.2. The summed E-state index contributed by atoms with van der Waals surface area (Å²) in [7, 11) is 3.66. The number of aryl methyl sites for hydroxylation is 1. The summed E-state index contributed by atoms with van der Waals surface area (Å²) in [6, 6.07) is 12.3. The second kappa shape index (κ2) is 14.5. The van der Waals surface area contributed by atoms with Crippen LogP contribution in [-0.2, 0) is 16.6 Å². The van der Waals surface area contributed by atoms with Crippen molar-refractivity contribution in [1.82, 2.24) is 29.8 Å². The standard InChI is InChI=1S/C41H47ClN8O6/c1-40(45-31-22-43-47(3)39(56)34(31)42)21-27(23-46(2)24-40)25-4-6-26(7-5-25)36(53)49-18-14-41(15-19-49)12-16-48(17-13-41)28-8-9-29-30(20-28)38(55)50(37(29)54)32-10-11-33(51)44-35(32)52/h4-9,20,22,27,32,45H,10-19,21,23-24H2,1-3H3,(H,44,51,52)/t27-,32?,40-/m0/s1. The lowest BCUT2D eigenvalue weighted by Gasteiger charge is -2.47. The summed E-state index contributed by atoms with van der Waals surface area (Å²) >= 11 is 6.38. The van der Waals surface area contributed by atoms with Crippen LogP contribution in [-0.4, -0.2) is 112 Å². The topological polar surface area (TPSA) is 157 Å². The summed E-state index contributed by atoms with van der Waals surface area (Å²) in [5, 5.41) is 10.0. The third-order valence-electron chi connectivity index (χ3n) is 12.7. The number of nitrogens with one attached hydrogen (secondary N) is 2. The predicted molar refractivity (Wildman–Crippen MR) is 210 cm³/mol. The SMILES string of the molecule is CN1C[C@@H](c2ccc(C(=O)N3CCC4(CC3)CCN(c3ccc5c(c3)C(=O)N(C3CCC(=O)NC3=O)C5=O)CC4)cc2)C[C@](C)(Nc2cnn(C)c(=O)c2Cl)C1. The van der Waals surface area contributed by atoms with Gasteiger partial charge in [0.1, 0.15) is 11.1 Å². The van der Waals surface area contributed by atoms with E-state index in [9.17, 15) is 28.8 Å². The molecule has 1 unspecified atom stereocenters. The molecule has 0 aliphatic carbocycles. The highest BCUT2D eigenvalue weighted by Gasteiger charge is 2.45. The molecule has 5 amide bonds. The van der Waals surface area contributed by atoms with Crippen molar-refractivity contribution in [2.24, 2.45) is 12.5 Å². The van der Waals surface area contributed by atoms with Gasteiger partial charge in [-0.15, -0.1) is 0 Å². The number of benzene rings is 2. The number of hydrogen-bond acceptors (Lipinski definition) is 10. The zero-order valence-electron chi connectivity index (χ0n) is 32.0. The molecule has 5 aliphatic rings. The molecule has 5 aliphatic heterocycles. The minimum atomic E-state index is -0.987. The second-order valence-corrected chi connectivity index (χ2v) is 17.0. The Morgan fingerprint density at radius 3 is 2.29 bits per heavy atom. The van der Waals surface area contributed by atoms with Crippen molar-refractivity contribution in [3.8, 4) is 0 Å². The molecule has 0 bridgehead atoms. The lowest BCUT2D eigenvalue weighted by molar-refractivity contribution is -0.136. The Labute approximate surface area is 330 Å². The maximum absolute atomic E-state index is 13.7. The Morgan fingerprint density at radius 2 is 1.59 bits per heavy atom. The van der Waals surface area contributed by atoms with Crippen LogP contribution < -0.4 is 21.1 Å². The predicted octanol–water partition coefficient (Wildman–Crippen LogP) is 3.65. The van der Waals surface area contributed by atoms with Gasteiger partial charge in [0, 0.05) is 69.5 Å². The van der Waals surface area contributed by atoms with Crippen molar-refractivity contribution in [1.29, 1.82) is 0 Å². The van der Waals surface area contributed by atoms with E-state index in [-0.39, 0.29) is 51.8 Å². The van der Waals surface area contributed by atoms with E-state index in [1.165, 1.54) is 4.68 Å². The Hall–Kier alpha value is -5.08. The Kier molecular flexibility index (Phi) is 9.76. The van der Waals surface area contributed by atoms with Crippen molar-refractivity contribution >= 4 is 52.5 Å². The number of anilines is 2. The van der Waals surface area contributed by atoms with Gasteiger partial charge in [-0.3, -0.25) is 39.0 Å². The molecule has 14 nitrogen and oxygen atoms in total. The van der Waals surface area contributed by atoms with Gasteiger partial charge in [-0.05, 0) is 99.7 Å². The van der Waals surface area contributed by atoms with Crippen LogP contribution in [0.5, 0.6) is 0 Å². The maximum atomic E-state index is 13.7. The molecule has 4 saturated heterocycles. The van der Waals surface area contributed by atoms with Crippen LogP contribution >= 0.6 is 11.6 Å². The monoisotopic (exact) mass is 782 g/mol. The number of likely N-dealkylation sites (tertiary alicyclic amines) is 2. The van der Waals surface area contributed by atoms with Crippen LogP contribution in [0.4, 0.5) is 11.4 Å². The van der Waals surface area contributed by atoms with Gasteiger partial charge in [-0.2, -0.15) is 5.10 Å². The number of amides is 5. The van der Waals surface area contributed by atoms with E-state index < -0.39 is 29.7 Å². The molecule has 2 aromatic carbocycles. The summed E-state index contributed by atoms with van der Waals surface area (Å²) in [5.41, 5.74) is 3.25. The Bertz CT molecular complexity index is 2170. The lowest BCUT2D eigenvalue weighted by atomic mass is 9.71. The molecular weight excluding hydrogens is 736 g/mol. The number of halogens is 1. The Balaban J connectivity index is 0.853. The van der Waals surface area contributed by atoms with E-state index in [4.69, 9.17) is 11.6 Å². The van der Waals surface area contributed by atoms with Crippen LogP contribution in [0.1, 0.15) is 94.4 Å². The molecule has 294 valence electrons. The molecule has 6 heterocycles. The minimum absolute atomic E-state index is 0.0487. The van der Waals surface area contributed by atoms with Gasteiger partial charge >= 0.3 is 0 Å². The highest BCUT2D eigenvalue weighted by Crippen LogP contribution is 2.43. The fourth-order valence-corrected chi connectivity index (χ4v) is 9.82. The number of rotatable bonds is 6. The maximum Gasteiger partial charge on any atom is 0.287 e. The van der Waals surface area contributed by atoms with E-state index in [1.54, 1.807) is 25.4 Å². The normalized spacial score (nSPS) is 25.4. The Morgan fingerprint density at radius 1 is 0.911 bits per heavy atom. The number of hydrogen-bond donors (Lipinski definition) is 2. The first-order valence-electron chi connectivity index (χ1n) is 19.4. The quantitative estimate of drug-likeness (QED) is 0.354. The fraction of sp³-hybridized carbons (Fsp3) is 0.488. The van der Waals surface area contributed by atoms with Gasteiger partial charge in [0.05, 0.1) is 23.0 Å². The average molecular weight is 783 g/mol. The summed E-state index contributed by atoms with van der Waals surface area (Å²) in [5.74, 6) is -1.76. The van der Waals surface area contributed by atoms with Gasteiger partial charge in [0.25, 0.3) is 23.3 Å². The van der Waals surface area contributed by atoms with Crippen molar-refractivity contribution in [2.75, 3.05) is 56.5 Å². The molecule has 0 saturated carbocycles. The third kappa shape index (κ3) is 6.97. The largest absolute Gasteiger partial charge is 0.376 e. The first-order valence-corrected chi connectivity index (χ1v) is 19.8. The number of piperidine rings is 4. The van der Waals surface area contributed by atoms with Crippen molar-refractivity contribution in [3.05, 3.63) is 86.3 Å². The van der Waals surface area contributed by atoms with Gasteiger partial charge in [0.2, 0.25) is 11.8 Å². The highest BCUT2D eigenvalue weighted by molar-refractivity contribution is 6.33. The number of carbonyl (C=O) groups excluding carboxylic acids is 5. The molecule has 15 heteroatoms. The minimum Gasteiger partial charge on any atom is -0.376 e. The molecule has 2 N–H and O–H groups in total. The first-order chi connectivity index (χ1) is 26.7. The average Bonchev–Trinajstić information content (AvgIpc) is 3.43. The molecule has 1 aromatic heterocycles. The number of aromatic nitrogens is 2. The zero-order chi connectivity index (χ0) is 39.5. The molecule has 3 atom stereocenters. The van der Waals surface area contributed by atoms with E-state index in [2.05, 4.69) is 51.6 Å². The summed E-state index contributed by atoms with van der Waals surface area (Å²) < 4.78 is 1.22. The molecule has 3 aromatic rings. The highest BCUT2D eigenvalue weighted by atomic mass is 35.5. The number of carbonyl (C=O) groups is 5. The first kappa shape index (κ1) is 37.8. The molecule has 4 fully saturated rings. The van der Waals surface area contributed by atoms with Gasteiger partial charge in [0.15, 0.2) is 0 Å². The van der Waals surface area contributed by atoms with Crippen LogP contribution in [0.15, 0.2) is 53.5 Å². The fourth-order valence-electron chi connectivity index (χ4n) is 9.61. The van der Waals surface area contributed by atoms with Gasteiger partial charge in [-0.1, -0.05) is 23.7 Å². The zero-order valence-corrected chi connectivity index (χ0v) is 32.7. The molecular formula is C41H47ClN8O6. The third-order valence-corrected chi connectivity index (χ3v) is 13.1. The molecule has 56 heavy (non-hydrogen) atoms. The smallest absolute Gasteiger partial charge is 0.287 e. The van der Waals surface area contributed by atoms with Gasteiger partial charge < -0.3 is 20.0 Å².